The first-order valence-corrected chi connectivity index (χ1v) is 7.63. The molecule has 0 atom stereocenters. The lowest BCUT2D eigenvalue weighted by Crippen LogP contribution is -2.28. The molecule has 1 N–H and O–H groups in total. The summed E-state index contributed by atoms with van der Waals surface area (Å²) in [5, 5.41) is 14.5. The Morgan fingerprint density at radius 2 is 1.87 bits per heavy atom. The maximum Gasteiger partial charge on any atom is 0.274 e. The SMILES string of the molecule is Cc1c(NC(=O)C2(c3ccc(Cl)cc3)CC2)cccc1[N+](=O)[O-]. The number of nitro benzene ring substituents is 1. The van der Waals surface area contributed by atoms with E-state index in [1.165, 1.54) is 6.07 Å². The van der Waals surface area contributed by atoms with Gasteiger partial charge in [-0.15, -0.1) is 0 Å². The number of halogens is 1. The summed E-state index contributed by atoms with van der Waals surface area (Å²) >= 11 is 5.89. The van der Waals surface area contributed by atoms with Crippen LogP contribution in [0.2, 0.25) is 5.02 Å². The molecule has 3 rings (SSSR count). The molecule has 0 radical (unpaired) electrons. The number of nitrogens with one attached hydrogen (secondary N) is 1. The van der Waals surface area contributed by atoms with Crippen molar-refractivity contribution in [2.45, 2.75) is 25.2 Å². The summed E-state index contributed by atoms with van der Waals surface area (Å²) in [5.41, 5.74) is 1.30. The van der Waals surface area contributed by atoms with E-state index in [0.717, 1.165) is 18.4 Å². The number of benzene rings is 2. The fourth-order valence-electron chi connectivity index (χ4n) is 2.74. The van der Waals surface area contributed by atoms with Gasteiger partial charge in [0.2, 0.25) is 5.91 Å². The van der Waals surface area contributed by atoms with Crippen LogP contribution in [0.1, 0.15) is 24.0 Å². The third-order valence-electron chi connectivity index (χ3n) is 4.33. The summed E-state index contributed by atoms with van der Waals surface area (Å²) in [5.74, 6) is -0.136. The standard InChI is InChI=1S/C17H15ClN2O3/c1-11-14(3-2-4-15(11)20(22)23)19-16(21)17(9-10-17)12-5-7-13(18)8-6-12/h2-8H,9-10H2,1H3,(H,19,21). The molecule has 1 aliphatic carbocycles. The molecule has 0 bridgehead atoms. The zero-order valence-corrected chi connectivity index (χ0v) is 13.3. The monoisotopic (exact) mass is 330 g/mol. The first-order valence-electron chi connectivity index (χ1n) is 7.25. The smallest absolute Gasteiger partial charge is 0.274 e. The molecule has 2 aromatic rings. The summed E-state index contributed by atoms with van der Waals surface area (Å²) < 4.78 is 0. The number of hydrogen-bond acceptors (Lipinski definition) is 3. The van der Waals surface area contributed by atoms with Crippen molar-refractivity contribution < 1.29 is 9.72 Å². The lowest BCUT2D eigenvalue weighted by Gasteiger charge is -2.17. The van der Waals surface area contributed by atoms with Crippen LogP contribution in [0.4, 0.5) is 11.4 Å². The fourth-order valence-corrected chi connectivity index (χ4v) is 2.87. The van der Waals surface area contributed by atoms with Gasteiger partial charge in [-0.3, -0.25) is 14.9 Å². The molecule has 0 saturated heterocycles. The highest BCUT2D eigenvalue weighted by molar-refractivity contribution is 6.30. The Morgan fingerprint density at radius 3 is 2.43 bits per heavy atom. The molecule has 118 valence electrons. The highest BCUT2D eigenvalue weighted by Crippen LogP contribution is 2.49. The third kappa shape index (κ3) is 2.80. The molecule has 6 heteroatoms. The van der Waals surface area contributed by atoms with E-state index in [0.29, 0.717) is 16.3 Å². The normalized spacial score (nSPS) is 15.0. The second-order valence-electron chi connectivity index (χ2n) is 5.75. The molecule has 5 nitrogen and oxygen atoms in total. The molecule has 0 aromatic heterocycles. The highest BCUT2D eigenvalue weighted by Gasteiger charge is 2.51. The van der Waals surface area contributed by atoms with Crippen molar-refractivity contribution in [3.05, 3.63) is 68.7 Å². The van der Waals surface area contributed by atoms with Crippen LogP contribution >= 0.6 is 11.6 Å². The van der Waals surface area contributed by atoms with Crippen LogP contribution in [0.15, 0.2) is 42.5 Å². The summed E-state index contributed by atoms with van der Waals surface area (Å²) in [7, 11) is 0. The maximum absolute atomic E-state index is 12.7. The number of carbonyl (C=O) groups is 1. The summed E-state index contributed by atoms with van der Waals surface area (Å²) in [6.07, 6.45) is 1.52. The summed E-state index contributed by atoms with van der Waals surface area (Å²) in [4.78, 5) is 23.3. The van der Waals surface area contributed by atoms with Crippen molar-refractivity contribution in [3.8, 4) is 0 Å². The van der Waals surface area contributed by atoms with Gasteiger partial charge in [0.1, 0.15) is 0 Å². The van der Waals surface area contributed by atoms with Crippen LogP contribution in [-0.4, -0.2) is 10.8 Å². The molecule has 23 heavy (non-hydrogen) atoms. The Hall–Kier alpha value is -2.40. The molecule has 2 aromatic carbocycles. The molecule has 1 fully saturated rings. The average molecular weight is 331 g/mol. The molecular weight excluding hydrogens is 316 g/mol. The van der Waals surface area contributed by atoms with E-state index >= 15 is 0 Å². The van der Waals surface area contributed by atoms with Gasteiger partial charge in [-0.25, -0.2) is 0 Å². The lowest BCUT2D eigenvalue weighted by molar-refractivity contribution is -0.385. The topological polar surface area (TPSA) is 72.2 Å². The van der Waals surface area contributed by atoms with E-state index in [1.54, 1.807) is 31.2 Å². The van der Waals surface area contributed by atoms with E-state index in [1.807, 2.05) is 12.1 Å². The van der Waals surface area contributed by atoms with E-state index in [4.69, 9.17) is 11.6 Å². The Bertz CT molecular complexity index is 783. The number of hydrogen-bond donors (Lipinski definition) is 1. The van der Waals surface area contributed by atoms with Gasteiger partial charge in [0.15, 0.2) is 0 Å². The molecule has 0 heterocycles. The van der Waals surface area contributed by atoms with Crippen LogP contribution in [0.5, 0.6) is 0 Å². The fraction of sp³-hybridized carbons (Fsp3) is 0.235. The van der Waals surface area contributed by atoms with Crippen molar-refractivity contribution in [2.75, 3.05) is 5.32 Å². The van der Waals surface area contributed by atoms with Gasteiger partial charge in [0, 0.05) is 11.1 Å². The summed E-state index contributed by atoms with van der Waals surface area (Å²) in [6, 6.07) is 11.9. The van der Waals surface area contributed by atoms with Crippen LogP contribution in [0, 0.1) is 17.0 Å². The average Bonchev–Trinajstić information content (AvgIpc) is 3.31. The van der Waals surface area contributed by atoms with Gasteiger partial charge in [-0.2, -0.15) is 0 Å². The Labute approximate surface area is 138 Å². The first-order chi connectivity index (χ1) is 10.9. The van der Waals surface area contributed by atoms with Crippen molar-refractivity contribution in [1.82, 2.24) is 0 Å². The number of amides is 1. The van der Waals surface area contributed by atoms with Gasteiger partial charge in [-0.05, 0) is 43.5 Å². The van der Waals surface area contributed by atoms with Gasteiger partial charge in [-0.1, -0.05) is 29.8 Å². The predicted octanol–water partition coefficient (Wildman–Crippen LogP) is 4.23. The largest absolute Gasteiger partial charge is 0.325 e. The Morgan fingerprint density at radius 1 is 1.22 bits per heavy atom. The number of rotatable bonds is 4. The first kappa shape index (κ1) is 15.5. The minimum Gasteiger partial charge on any atom is -0.325 e. The van der Waals surface area contributed by atoms with Gasteiger partial charge < -0.3 is 5.32 Å². The Balaban J connectivity index is 1.86. The molecule has 1 aliphatic rings. The van der Waals surface area contributed by atoms with E-state index in [-0.39, 0.29) is 11.6 Å². The Kier molecular flexibility index (Phi) is 3.82. The van der Waals surface area contributed by atoms with Crippen molar-refractivity contribution in [3.63, 3.8) is 0 Å². The molecule has 0 unspecified atom stereocenters. The van der Waals surface area contributed by atoms with Crippen molar-refractivity contribution in [2.24, 2.45) is 0 Å². The van der Waals surface area contributed by atoms with Crippen molar-refractivity contribution in [1.29, 1.82) is 0 Å². The lowest BCUT2D eigenvalue weighted by atomic mass is 9.95. The van der Waals surface area contributed by atoms with Crippen LogP contribution in [-0.2, 0) is 10.2 Å². The molecular formula is C17H15ClN2O3. The minimum atomic E-state index is -0.554. The minimum absolute atomic E-state index is 0.000796. The molecule has 0 aliphatic heterocycles. The zero-order chi connectivity index (χ0) is 16.6. The second kappa shape index (κ2) is 5.66. The van der Waals surface area contributed by atoms with Crippen LogP contribution in [0.25, 0.3) is 0 Å². The summed E-state index contributed by atoms with van der Waals surface area (Å²) in [6.45, 7) is 1.63. The maximum atomic E-state index is 12.7. The predicted molar refractivity (Wildman–Crippen MR) is 88.8 cm³/mol. The molecule has 1 saturated carbocycles. The van der Waals surface area contributed by atoms with Gasteiger partial charge in [0.25, 0.3) is 5.69 Å². The van der Waals surface area contributed by atoms with E-state index in [9.17, 15) is 14.9 Å². The van der Waals surface area contributed by atoms with E-state index in [2.05, 4.69) is 5.32 Å². The van der Waals surface area contributed by atoms with Crippen LogP contribution in [0.3, 0.4) is 0 Å². The number of nitro groups is 1. The van der Waals surface area contributed by atoms with Gasteiger partial charge >= 0.3 is 0 Å². The highest BCUT2D eigenvalue weighted by atomic mass is 35.5. The van der Waals surface area contributed by atoms with Gasteiger partial charge in [0.05, 0.1) is 21.6 Å². The van der Waals surface area contributed by atoms with E-state index < -0.39 is 10.3 Å². The van der Waals surface area contributed by atoms with Crippen LogP contribution < -0.4 is 5.32 Å². The number of carbonyl (C=O) groups excluding carboxylic acids is 1. The van der Waals surface area contributed by atoms with Crippen molar-refractivity contribution >= 4 is 28.9 Å². The quantitative estimate of drug-likeness (QED) is 0.673. The molecule has 0 spiro atoms. The zero-order valence-electron chi connectivity index (χ0n) is 12.5. The second-order valence-corrected chi connectivity index (χ2v) is 6.19. The number of anilines is 1. The number of nitrogens with zero attached hydrogens (tertiary/aromatic N) is 1. The molecule has 1 amide bonds. The third-order valence-corrected chi connectivity index (χ3v) is 4.58.